The van der Waals surface area contributed by atoms with Crippen molar-refractivity contribution in [2.75, 3.05) is 13.2 Å². The number of ether oxygens (including phenoxy) is 5. The second-order valence-electron chi connectivity index (χ2n) is 8.45. The smallest absolute Gasteiger partial charge is 0.408 e. The molecule has 10 heteroatoms. The summed E-state index contributed by atoms with van der Waals surface area (Å²) in [6.07, 6.45) is -3.97. The number of carbonyl (C=O) groups excluding carboxylic acids is 2. The van der Waals surface area contributed by atoms with Crippen molar-refractivity contribution in [2.45, 2.75) is 50.5 Å². The number of hydrogen-bond acceptors (Lipinski definition) is 9. The average Bonchev–Trinajstić information content (AvgIpc) is 3.34. The molecule has 0 bridgehead atoms. The lowest BCUT2D eigenvalue weighted by Crippen LogP contribution is -2.37. The summed E-state index contributed by atoms with van der Waals surface area (Å²) in [4.78, 5) is 30.1. The molecule has 1 amide bonds. The summed E-state index contributed by atoms with van der Waals surface area (Å²) in [7, 11) is 0. The first kappa shape index (κ1) is 25.5. The number of hydrogen-bond donors (Lipinski definition) is 1. The predicted molar refractivity (Wildman–Crippen MR) is 125 cm³/mol. The van der Waals surface area contributed by atoms with Gasteiger partial charge in [-0.05, 0) is 38.1 Å². The van der Waals surface area contributed by atoms with Crippen molar-refractivity contribution in [3.63, 3.8) is 0 Å². The van der Waals surface area contributed by atoms with Crippen LogP contribution in [0.2, 0.25) is 0 Å². The topological polar surface area (TPSA) is 113 Å². The molecule has 10 nitrogen and oxygen atoms in total. The van der Waals surface area contributed by atoms with Gasteiger partial charge in [-0.25, -0.2) is 9.59 Å². The monoisotopic (exact) mass is 497 g/mol. The van der Waals surface area contributed by atoms with Crippen molar-refractivity contribution >= 4 is 12.2 Å². The van der Waals surface area contributed by atoms with Crippen LogP contribution in [-0.2, 0) is 19.0 Å². The first-order chi connectivity index (χ1) is 17.3. The molecule has 3 unspecified atom stereocenters. The Hall–Kier alpha value is -3.62. The first-order valence-electron chi connectivity index (χ1n) is 11.4. The molecule has 2 aromatic rings. The van der Waals surface area contributed by atoms with E-state index in [0.29, 0.717) is 0 Å². The maximum absolute atomic E-state index is 12.7. The molecule has 0 radical (unpaired) electrons. The summed E-state index contributed by atoms with van der Waals surface area (Å²) in [5.74, 6) is 5.59. The Bertz CT molecular complexity index is 1100. The molecule has 4 atom stereocenters. The van der Waals surface area contributed by atoms with E-state index in [-0.39, 0.29) is 31.1 Å². The third kappa shape index (κ3) is 6.53. The molecular formula is C26H27NO9. The summed E-state index contributed by atoms with van der Waals surface area (Å²) in [5, 5.41) is 10.3. The molecule has 0 spiro atoms. The molecule has 0 aromatic heterocycles. The highest BCUT2D eigenvalue weighted by Crippen LogP contribution is 2.38. The van der Waals surface area contributed by atoms with Crippen LogP contribution in [-0.4, -0.2) is 65.8 Å². The number of amides is 1. The summed E-state index contributed by atoms with van der Waals surface area (Å²) in [5.41, 5.74) is 0. The number of carbonyl (C=O) groups is 2. The Labute approximate surface area is 208 Å². The van der Waals surface area contributed by atoms with E-state index in [1.807, 2.05) is 0 Å². The number of nitrogens with zero attached hydrogens (tertiary/aromatic N) is 1. The highest BCUT2D eigenvalue weighted by Gasteiger charge is 2.54. The second kappa shape index (κ2) is 11.4. The Morgan fingerprint density at radius 3 is 2.22 bits per heavy atom. The minimum absolute atomic E-state index is 0.102. The van der Waals surface area contributed by atoms with Crippen molar-refractivity contribution in [2.24, 2.45) is 0 Å². The van der Waals surface area contributed by atoms with E-state index in [1.165, 1.54) is 0 Å². The Balaban J connectivity index is 1.39. The molecule has 2 aliphatic heterocycles. The van der Waals surface area contributed by atoms with Gasteiger partial charge in [-0.1, -0.05) is 48.2 Å². The van der Waals surface area contributed by atoms with Gasteiger partial charge in [0, 0.05) is 6.42 Å². The van der Waals surface area contributed by atoms with Gasteiger partial charge in [0.25, 0.3) is 0 Å². The molecule has 0 aliphatic carbocycles. The maximum Gasteiger partial charge on any atom is 0.539 e. The van der Waals surface area contributed by atoms with Gasteiger partial charge in [-0.2, -0.15) is 0 Å². The molecule has 2 fully saturated rings. The number of aliphatic hydroxyl groups excluding tert-OH is 1. The summed E-state index contributed by atoms with van der Waals surface area (Å²) in [6.45, 7) is 3.24. The fourth-order valence-corrected chi connectivity index (χ4v) is 3.78. The van der Waals surface area contributed by atoms with Gasteiger partial charge in [0.05, 0.1) is 13.2 Å². The van der Waals surface area contributed by atoms with Gasteiger partial charge in [0.15, 0.2) is 5.79 Å². The lowest BCUT2D eigenvalue weighted by Gasteiger charge is -2.21. The van der Waals surface area contributed by atoms with E-state index >= 15 is 0 Å². The molecular weight excluding hydrogens is 470 g/mol. The van der Waals surface area contributed by atoms with Crippen LogP contribution >= 0.6 is 0 Å². The second-order valence-corrected chi connectivity index (χ2v) is 8.45. The van der Waals surface area contributed by atoms with E-state index in [2.05, 4.69) is 11.8 Å². The SMILES string of the molecule is CC1(C)OC2C(C#CCCN(OC(=O)Oc3ccccc3)C(=O)Oc3ccccc3)O[C@H](CO)C2O1. The lowest BCUT2D eigenvalue weighted by atomic mass is 10.1. The molecule has 2 saturated heterocycles. The molecule has 2 aromatic carbocycles. The third-order valence-corrected chi connectivity index (χ3v) is 5.30. The van der Waals surface area contributed by atoms with Crippen LogP contribution in [0.1, 0.15) is 20.3 Å². The standard InChI is InChI=1S/C26H27NO9/c1-26(2)34-22-20(33-21(17-28)23(22)35-26)15-9-10-16-27(24(29)31-18-11-5-3-6-12-18)36-25(30)32-19-13-7-4-8-14-19/h3-8,11-14,20-23,28H,10,16-17H2,1-2H3/t20?,21-,22?,23?/m1/s1. The predicted octanol–water partition coefficient (Wildman–Crippen LogP) is 3.29. The van der Waals surface area contributed by atoms with Crippen LogP contribution in [0.3, 0.4) is 0 Å². The molecule has 2 aliphatic rings. The fourth-order valence-electron chi connectivity index (χ4n) is 3.78. The Kier molecular flexibility index (Phi) is 8.07. The zero-order chi connectivity index (χ0) is 25.5. The van der Waals surface area contributed by atoms with E-state index in [0.717, 1.165) is 5.06 Å². The summed E-state index contributed by atoms with van der Waals surface area (Å²) >= 11 is 0. The minimum atomic E-state index is -1.11. The van der Waals surface area contributed by atoms with Crippen LogP contribution in [0.4, 0.5) is 9.59 Å². The summed E-state index contributed by atoms with van der Waals surface area (Å²) in [6, 6.07) is 16.7. The molecule has 190 valence electrons. The highest BCUT2D eigenvalue weighted by atomic mass is 16.8. The highest BCUT2D eigenvalue weighted by molar-refractivity contribution is 5.72. The number of para-hydroxylation sites is 2. The van der Waals surface area contributed by atoms with Crippen molar-refractivity contribution in [3.05, 3.63) is 60.7 Å². The van der Waals surface area contributed by atoms with Crippen molar-refractivity contribution in [1.29, 1.82) is 0 Å². The van der Waals surface area contributed by atoms with E-state index < -0.39 is 42.5 Å². The van der Waals surface area contributed by atoms with Gasteiger partial charge in [-0.3, -0.25) is 4.84 Å². The number of hydroxylamine groups is 2. The fraction of sp³-hybridized carbons (Fsp3) is 0.385. The van der Waals surface area contributed by atoms with Crippen LogP contribution in [0.25, 0.3) is 0 Å². The lowest BCUT2D eigenvalue weighted by molar-refractivity contribution is -0.184. The quantitative estimate of drug-likeness (QED) is 0.288. The molecule has 2 heterocycles. The van der Waals surface area contributed by atoms with Gasteiger partial charge < -0.3 is 28.8 Å². The van der Waals surface area contributed by atoms with Gasteiger partial charge in [-0.15, -0.1) is 5.06 Å². The zero-order valence-corrected chi connectivity index (χ0v) is 19.9. The number of rotatable bonds is 5. The number of fused-ring (bicyclic) bond motifs is 1. The van der Waals surface area contributed by atoms with Crippen molar-refractivity contribution in [3.8, 4) is 23.3 Å². The van der Waals surface area contributed by atoms with Crippen molar-refractivity contribution in [1.82, 2.24) is 5.06 Å². The minimum Gasteiger partial charge on any atom is -0.408 e. The van der Waals surface area contributed by atoms with Crippen LogP contribution in [0, 0.1) is 11.8 Å². The average molecular weight is 498 g/mol. The molecule has 1 N–H and O–H groups in total. The van der Waals surface area contributed by atoms with Crippen LogP contribution in [0.15, 0.2) is 60.7 Å². The largest absolute Gasteiger partial charge is 0.539 e. The van der Waals surface area contributed by atoms with E-state index in [1.54, 1.807) is 74.5 Å². The normalized spacial score (nSPS) is 23.6. The maximum atomic E-state index is 12.7. The van der Waals surface area contributed by atoms with Crippen LogP contribution in [0.5, 0.6) is 11.5 Å². The van der Waals surface area contributed by atoms with E-state index in [4.69, 9.17) is 28.5 Å². The Morgan fingerprint density at radius 1 is 0.972 bits per heavy atom. The Morgan fingerprint density at radius 2 is 1.58 bits per heavy atom. The van der Waals surface area contributed by atoms with Gasteiger partial charge in [0.1, 0.15) is 35.9 Å². The number of benzene rings is 2. The molecule has 0 saturated carbocycles. The third-order valence-electron chi connectivity index (χ3n) is 5.30. The summed E-state index contributed by atoms with van der Waals surface area (Å²) < 4.78 is 27.8. The number of aliphatic hydroxyl groups is 1. The van der Waals surface area contributed by atoms with Gasteiger partial charge >= 0.3 is 12.2 Å². The molecule has 4 rings (SSSR count). The molecule has 36 heavy (non-hydrogen) atoms. The van der Waals surface area contributed by atoms with Gasteiger partial charge in [0.2, 0.25) is 0 Å². The van der Waals surface area contributed by atoms with Crippen molar-refractivity contribution < 1.29 is 43.2 Å². The van der Waals surface area contributed by atoms with E-state index in [9.17, 15) is 14.7 Å². The van der Waals surface area contributed by atoms with Crippen LogP contribution < -0.4 is 9.47 Å². The first-order valence-corrected chi connectivity index (χ1v) is 11.4. The zero-order valence-electron chi connectivity index (χ0n) is 19.9.